The maximum Gasteiger partial charge on any atom is 0.358 e. The highest BCUT2D eigenvalue weighted by Crippen LogP contribution is 2.10. The van der Waals surface area contributed by atoms with Crippen molar-refractivity contribution in [3.05, 3.63) is 34.4 Å². The highest BCUT2D eigenvalue weighted by Gasteiger charge is 2.09. The van der Waals surface area contributed by atoms with Crippen molar-refractivity contribution >= 4 is 23.1 Å². The second-order valence-electron chi connectivity index (χ2n) is 3.87. The van der Waals surface area contributed by atoms with Gasteiger partial charge < -0.3 is 9.64 Å². The van der Waals surface area contributed by atoms with Gasteiger partial charge in [-0.25, -0.2) is 9.78 Å². The van der Waals surface area contributed by atoms with E-state index < -0.39 is 5.97 Å². The molecule has 2 rings (SSSR count). The molecule has 6 nitrogen and oxygen atoms in total. The number of thiazole rings is 1. The van der Waals surface area contributed by atoms with Crippen LogP contribution in [0.5, 0.6) is 0 Å². The van der Waals surface area contributed by atoms with Gasteiger partial charge in [-0.05, 0) is 12.1 Å². The number of hydrogen-bond donors (Lipinski definition) is 0. The molecule has 0 aliphatic heterocycles. The monoisotopic (exact) mass is 278 g/mol. The average molecular weight is 278 g/mol. The minimum absolute atomic E-state index is 0.208. The largest absolute Gasteiger partial charge is 0.464 e. The van der Waals surface area contributed by atoms with E-state index in [0.717, 1.165) is 18.0 Å². The van der Waals surface area contributed by atoms with E-state index in [1.165, 1.54) is 7.11 Å². The first kappa shape index (κ1) is 13.4. The zero-order valence-corrected chi connectivity index (χ0v) is 11.6. The number of anilines is 1. The number of carbonyl (C=O) groups excluding carboxylic acids is 1. The number of methoxy groups -OCH3 is 1. The van der Waals surface area contributed by atoms with Crippen molar-refractivity contribution in [1.29, 1.82) is 0 Å². The lowest BCUT2D eigenvalue weighted by atomic mass is 10.3. The summed E-state index contributed by atoms with van der Waals surface area (Å²) < 4.78 is 4.57. The van der Waals surface area contributed by atoms with Crippen molar-refractivity contribution in [1.82, 2.24) is 15.2 Å². The highest BCUT2D eigenvalue weighted by atomic mass is 32.1. The number of aromatic nitrogens is 3. The van der Waals surface area contributed by atoms with E-state index in [2.05, 4.69) is 19.9 Å². The molecular formula is C12H14N4O2S. The first-order valence-corrected chi connectivity index (χ1v) is 6.60. The molecule has 0 unspecified atom stereocenters. The van der Waals surface area contributed by atoms with Gasteiger partial charge >= 0.3 is 5.97 Å². The van der Waals surface area contributed by atoms with Crippen molar-refractivity contribution in [3.8, 4) is 0 Å². The molecule has 0 saturated carbocycles. The van der Waals surface area contributed by atoms with E-state index in [0.29, 0.717) is 5.82 Å². The maximum atomic E-state index is 11.2. The molecule has 0 spiro atoms. The smallest absolute Gasteiger partial charge is 0.358 e. The Kier molecular flexibility index (Phi) is 4.40. The Balaban J connectivity index is 1.95. The molecule has 100 valence electrons. The van der Waals surface area contributed by atoms with E-state index in [1.807, 2.05) is 17.3 Å². The molecule has 0 atom stereocenters. The Hall–Kier alpha value is -2.02. The van der Waals surface area contributed by atoms with E-state index in [1.54, 1.807) is 29.7 Å². The van der Waals surface area contributed by atoms with Gasteiger partial charge in [0.05, 0.1) is 12.1 Å². The lowest BCUT2D eigenvalue weighted by Gasteiger charge is -2.16. The van der Waals surface area contributed by atoms with Crippen LogP contribution in [0.3, 0.4) is 0 Å². The summed E-state index contributed by atoms with van der Waals surface area (Å²) in [5.41, 5.74) is 0.208. The van der Waals surface area contributed by atoms with Crippen LogP contribution in [0.4, 0.5) is 5.82 Å². The topological polar surface area (TPSA) is 68.2 Å². The van der Waals surface area contributed by atoms with E-state index in [9.17, 15) is 4.79 Å². The number of hydrogen-bond acceptors (Lipinski definition) is 7. The van der Waals surface area contributed by atoms with Gasteiger partial charge in [0, 0.05) is 31.6 Å². The van der Waals surface area contributed by atoms with Crippen LogP contribution in [0.2, 0.25) is 0 Å². The molecule has 0 fully saturated rings. The van der Waals surface area contributed by atoms with Gasteiger partial charge in [-0.2, -0.15) is 0 Å². The van der Waals surface area contributed by atoms with Crippen LogP contribution in [0.1, 0.15) is 15.5 Å². The molecule has 2 aromatic rings. The summed E-state index contributed by atoms with van der Waals surface area (Å²) in [4.78, 5) is 17.4. The van der Waals surface area contributed by atoms with Gasteiger partial charge in [0.2, 0.25) is 0 Å². The van der Waals surface area contributed by atoms with Crippen LogP contribution < -0.4 is 4.90 Å². The van der Waals surface area contributed by atoms with Crippen LogP contribution in [0.25, 0.3) is 0 Å². The van der Waals surface area contributed by atoms with Crippen molar-refractivity contribution in [2.24, 2.45) is 0 Å². The van der Waals surface area contributed by atoms with E-state index >= 15 is 0 Å². The lowest BCUT2D eigenvalue weighted by Crippen LogP contribution is -2.22. The summed E-state index contributed by atoms with van der Waals surface area (Å²) in [6.45, 7) is 0.791. The summed E-state index contributed by atoms with van der Waals surface area (Å²) >= 11 is 1.63. The number of rotatable bonds is 5. The third-order valence-corrected chi connectivity index (χ3v) is 3.42. The van der Waals surface area contributed by atoms with E-state index in [4.69, 9.17) is 0 Å². The van der Waals surface area contributed by atoms with E-state index in [-0.39, 0.29) is 5.69 Å². The minimum Gasteiger partial charge on any atom is -0.464 e. The summed E-state index contributed by atoms with van der Waals surface area (Å²) in [7, 11) is 3.24. The third kappa shape index (κ3) is 3.47. The maximum absolute atomic E-state index is 11.2. The van der Waals surface area contributed by atoms with Crippen LogP contribution >= 0.6 is 11.3 Å². The van der Waals surface area contributed by atoms with Crippen LogP contribution in [0, 0.1) is 0 Å². The fourth-order valence-corrected chi connectivity index (χ4v) is 2.11. The van der Waals surface area contributed by atoms with Crippen molar-refractivity contribution in [3.63, 3.8) is 0 Å². The molecule has 0 aromatic carbocycles. The summed E-state index contributed by atoms with van der Waals surface area (Å²) in [5, 5.41) is 10.9. The predicted molar refractivity (Wildman–Crippen MR) is 72.5 cm³/mol. The zero-order chi connectivity index (χ0) is 13.7. The molecule has 0 bridgehead atoms. The molecule has 2 aromatic heterocycles. The molecule has 0 amide bonds. The molecular weight excluding hydrogens is 264 g/mol. The SMILES string of the molecule is COC(=O)c1ccc(N(C)CCc2nccs2)nn1. The van der Waals surface area contributed by atoms with Crippen LogP contribution in [-0.4, -0.2) is 41.9 Å². The normalized spacial score (nSPS) is 10.2. The summed E-state index contributed by atoms with van der Waals surface area (Å²) in [5.74, 6) is 0.230. The van der Waals surface area contributed by atoms with Crippen LogP contribution in [0.15, 0.2) is 23.7 Å². The Morgan fingerprint density at radius 2 is 2.26 bits per heavy atom. The molecule has 0 saturated heterocycles. The Bertz CT molecular complexity index is 527. The molecule has 0 N–H and O–H groups in total. The summed E-state index contributed by atoms with van der Waals surface area (Å²) in [6.07, 6.45) is 2.65. The Morgan fingerprint density at radius 1 is 1.42 bits per heavy atom. The second-order valence-corrected chi connectivity index (χ2v) is 4.84. The van der Waals surface area contributed by atoms with Crippen molar-refractivity contribution in [2.45, 2.75) is 6.42 Å². The quantitative estimate of drug-likeness (QED) is 0.770. The molecule has 0 aliphatic rings. The second kappa shape index (κ2) is 6.24. The van der Waals surface area contributed by atoms with Crippen molar-refractivity contribution < 1.29 is 9.53 Å². The molecule has 7 heteroatoms. The third-order valence-electron chi connectivity index (χ3n) is 2.58. The number of carbonyl (C=O) groups is 1. The van der Waals surface area contributed by atoms with Crippen LogP contribution in [-0.2, 0) is 11.2 Å². The number of nitrogens with zero attached hydrogens (tertiary/aromatic N) is 4. The molecule has 2 heterocycles. The van der Waals surface area contributed by atoms with Gasteiger partial charge in [-0.15, -0.1) is 21.5 Å². The predicted octanol–water partition coefficient (Wildman–Crippen LogP) is 1.40. The Labute approximate surface area is 115 Å². The fourth-order valence-electron chi connectivity index (χ4n) is 1.50. The molecule has 0 aliphatic carbocycles. The van der Waals surface area contributed by atoms with Gasteiger partial charge in [0.1, 0.15) is 0 Å². The standard InChI is InChI=1S/C12H14N4O2S/c1-16(7-5-11-13-6-8-19-11)10-4-3-9(14-15-10)12(17)18-2/h3-4,6,8H,5,7H2,1-2H3. The van der Waals surface area contributed by atoms with Gasteiger partial charge in [-0.1, -0.05) is 0 Å². The zero-order valence-electron chi connectivity index (χ0n) is 10.7. The lowest BCUT2D eigenvalue weighted by molar-refractivity contribution is 0.0592. The number of likely N-dealkylation sites (N-methyl/N-ethyl adjacent to an activating group) is 1. The van der Waals surface area contributed by atoms with Gasteiger partial charge in [-0.3, -0.25) is 0 Å². The van der Waals surface area contributed by atoms with Gasteiger partial charge in [0.15, 0.2) is 11.5 Å². The highest BCUT2D eigenvalue weighted by molar-refractivity contribution is 7.09. The fraction of sp³-hybridized carbons (Fsp3) is 0.333. The Morgan fingerprint density at radius 3 is 2.84 bits per heavy atom. The first-order valence-electron chi connectivity index (χ1n) is 5.72. The molecule has 19 heavy (non-hydrogen) atoms. The average Bonchev–Trinajstić information content (AvgIpc) is 2.97. The number of ether oxygens (including phenoxy) is 1. The first-order chi connectivity index (χ1) is 9.20. The molecule has 0 radical (unpaired) electrons. The minimum atomic E-state index is -0.482. The number of esters is 1. The summed E-state index contributed by atoms with van der Waals surface area (Å²) in [6, 6.07) is 3.36. The van der Waals surface area contributed by atoms with Crippen molar-refractivity contribution in [2.75, 3.05) is 25.6 Å². The van der Waals surface area contributed by atoms with Gasteiger partial charge in [0.25, 0.3) is 0 Å².